The van der Waals surface area contributed by atoms with Crippen molar-refractivity contribution < 1.29 is 9.31 Å². The Morgan fingerprint density at radius 1 is 0.700 bits per heavy atom. The van der Waals surface area contributed by atoms with Crippen LogP contribution in [0, 0.1) is 0 Å². The van der Waals surface area contributed by atoms with E-state index in [2.05, 4.69) is 82.3 Å². The van der Waals surface area contributed by atoms with Crippen LogP contribution < -0.4 is 5.59 Å². The van der Waals surface area contributed by atoms with E-state index in [1.165, 1.54) is 25.6 Å². The van der Waals surface area contributed by atoms with Gasteiger partial charge in [0.25, 0.3) is 0 Å². The van der Waals surface area contributed by atoms with Crippen LogP contribution in [0.25, 0.3) is 41.8 Å². The third-order valence-corrected chi connectivity index (χ3v) is 7.84. The van der Waals surface area contributed by atoms with Crippen molar-refractivity contribution in [2.24, 2.45) is 0 Å². The molecule has 5 heteroatoms. The summed E-state index contributed by atoms with van der Waals surface area (Å²) in [5, 5.41) is 6.05. The van der Waals surface area contributed by atoms with Crippen molar-refractivity contribution in [2.45, 2.75) is 38.9 Å². The van der Waals surface area contributed by atoms with Crippen LogP contribution in [0.2, 0.25) is 0 Å². The molecule has 0 unspecified atom stereocenters. The van der Waals surface area contributed by atoms with Crippen LogP contribution in [0.5, 0.6) is 0 Å². The number of pyridine rings is 1. The van der Waals surface area contributed by atoms with Crippen LogP contribution >= 0.6 is 11.3 Å². The molecule has 148 valence electrons. The van der Waals surface area contributed by atoms with Gasteiger partial charge in [-0.2, -0.15) is 0 Å². The lowest BCUT2D eigenvalue weighted by Crippen LogP contribution is -2.41. The maximum Gasteiger partial charge on any atom is 0.515 e. The molecule has 6 rings (SSSR count). The highest BCUT2D eigenvalue weighted by Gasteiger charge is 2.52. The molecule has 2 aromatic heterocycles. The lowest BCUT2D eigenvalue weighted by atomic mass is 9.80. The summed E-state index contributed by atoms with van der Waals surface area (Å²) in [5.41, 5.74) is 1.02. The predicted octanol–water partition coefficient (Wildman–Crippen LogP) is 6.06. The lowest BCUT2D eigenvalue weighted by Gasteiger charge is -2.32. The summed E-state index contributed by atoms with van der Waals surface area (Å²) in [6.45, 7) is 8.34. The minimum absolute atomic E-state index is 0.404. The van der Waals surface area contributed by atoms with Crippen LogP contribution in [-0.2, 0) is 9.31 Å². The average Bonchev–Trinajstić information content (AvgIpc) is 3.18. The van der Waals surface area contributed by atoms with Crippen LogP contribution in [-0.4, -0.2) is 23.3 Å². The first-order chi connectivity index (χ1) is 14.3. The average molecular weight is 411 g/mol. The van der Waals surface area contributed by atoms with E-state index in [0.717, 1.165) is 21.9 Å². The Labute approximate surface area is 179 Å². The SMILES string of the molecule is CC1(C)OB(c2nc3ccccc3c3cc4c(cc23)sc2ccccc24)OC1(C)C. The molecule has 3 nitrogen and oxygen atoms in total. The highest BCUT2D eigenvalue weighted by atomic mass is 32.1. The van der Waals surface area contributed by atoms with Crippen molar-refractivity contribution in [3.8, 4) is 0 Å². The molecule has 1 saturated heterocycles. The zero-order chi connectivity index (χ0) is 20.7. The first kappa shape index (κ1) is 18.3. The van der Waals surface area contributed by atoms with Gasteiger partial charge in [0.15, 0.2) is 0 Å². The van der Waals surface area contributed by atoms with Crippen LogP contribution in [0.15, 0.2) is 60.7 Å². The van der Waals surface area contributed by atoms with Gasteiger partial charge in [-0.05, 0) is 57.3 Å². The van der Waals surface area contributed by atoms with Gasteiger partial charge < -0.3 is 9.31 Å². The quantitative estimate of drug-likeness (QED) is 0.248. The first-order valence-corrected chi connectivity index (χ1v) is 11.1. The van der Waals surface area contributed by atoms with E-state index in [9.17, 15) is 0 Å². The van der Waals surface area contributed by atoms with Gasteiger partial charge in [-0.3, -0.25) is 4.98 Å². The number of benzene rings is 3. The maximum absolute atomic E-state index is 6.40. The van der Waals surface area contributed by atoms with Crippen LogP contribution in [0.4, 0.5) is 0 Å². The Hall–Kier alpha value is -2.47. The summed E-state index contributed by atoms with van der Waals surface area (Å²) < 4.78 is 15.4. The van der Waals surface area contributed by atoms with Crippen LogP contribution in [0.3, 0.4) is 0 Å². The van der Waals surface area contributed by atoms with Gasteiger partial charge in [-0.1, -0.05) is 36.4 Å². The number of para-hydroxylation sites is 1. The molecule has 0 atom stereocenters. The summed E-state index contributed by atoms with van der Waals surface area (Å²) in [6.07, 6.45) is 0. The smallest absolute Gasteiger partial charge is 0.398 e. The fourth-order valence-corrected chi connectivity index (χ4v) is 5.46. The number of nitrogens with zero attached hydrogens (tertiary/aromatic N) is 1. The van der Waals surface area contributed by atoms with Crippen LogP contribution in [0.1, 0.15) is 27.7 Å². The molecule has 0 radical (unpaired) electrons. The summed E-state index contributed by atoms with van der Waals surface area (Å²) in [4.78, 5) is 5.03. The van der Waals surface area contributed by atoms with E-state index in [-0.39, 0.29) is 0 Å². The highest BCUT2D eigenvalue weighted by Crippen LogP contribution is 2.40. The molecule has 0 N–H and O–H groups in total. The van der Waals surface area contributed by atoms with E-state index in [4.69, 9.17) is 14.3 Å². The molecule has 1 fully saturated rings. The summed E-state index contributed by atoms with van der Waals surface area (Å²) >= 11 is 1.82. The summed E-state index contributed by atoms with van der Waals surface area (Å²) in [7, 11) is -0.492. The Balaban J connectivity index is 1.71. The monoisotopic (exact) mass is 411 g/mol. The van der Waals surface area contributed by atoms with Gasteiger partial charge in [-0.15, -0.1) is 11.3 Å². The molecular formula is C25H22BNO2S. The molecule has 30 heavy (non-hydrogen) atoms. The molecule has 0 bridgehead atoms. The Bertz CT molecular complexity index is 1450. The van der Waals surface area contributed by atoms with E-state index >= 15 is 0 Å². The zero-order valence-electron chi connectivity index (χ0n) is 17.5. The van der Waals surface area contributed by atoms with Crippen molar-refractivity contribution in [2.75, 3.05) is 0 Å². The normalized spacial score (nSPS) is 18.2. The number of hydrogen-bond donors (Lipinski definition) is 0. The Kier molecular flexibility index (Phi) is 3.69. The van der Waals surface area contributed by atoms with Crippen molar-refractivity contribution in [3.63, 3.8) is 0 Å². The van der Waals surface area contributed by atoms with E-state index in [0.29, 0.717) is 0 Å². The third kappa shape index (κ3) is 2.49. The molecule has 0 spiro atoms. The Morgan fingerprint density at radius 2 is 1.37 bits per heavy atom. The number of thiophene rings is 1. The molecule has 3 aromatic carbocycles. The van der Waals surface area contributed by atoms with Gasteiger partial charge in [0.05, 0.1) is 22.3 Å². The van der Waals surface area contributed by atoms with Crippen molar-refractivity contribution in [3.05, 3.63) is 60.7 Å². The third-order valence-electron chi connectivity index (χ3n) is 6.70. The molecule has 0 aliphatic carbocycles. The van der Waals surface area contributed by atoms with Gasteiger partial charge in [0, 0.05) is 30.9 Å². The number of aromatic nitrogens is 1. The second-order valence-corrected chi connectivity index (χ2v) is 10.2. The zero-order valence-corrected chi connectivity index (χ0v) is 18.3. The van der Waals surface area contributed by atoms with Crippen molar-refractivity contribution >= 4 is 65.9 Å². The second kappa shape index (κ2) is 6.04. The fraction of sp³-hybridized carbons (Fsp3) is 0.240. The number of rotatable bonds is 1. The van der Waals surface area contributed by atoms with E-state index in [1.54, 1.807) is 0 Å². The van der Waals surface area contributed by atoms with Gasteiger partial charge >= 0.3 is 7.12 Å². The minimum atomic E-state index is -0.492. The van der Waals surface area contributed by atoms with Gasteiger partial charge in [0.2, 0.25) is 0 Å². The molecule has 0 saturated carbocycles. The molecular weight excluding hydrogens is 389 g/mol. The molecule has 1 aliphatic heterocycles. The van der Waals surface area contributed by atoms with E-state index < -0.39 is 18.3 Å². The standard InChI is InChI=1S/C25H22BNO2S/c1-24(2)25(3,4)29-26(28-24)23-19-14-22-18(16-10-6-8-12-21(16)30-22)13-17(19)15-9-5-7-11-20(15)27-23/h5-14H,1-4H3. The van der Waals surface area contributed by atoms with Gasteiger partial charge in [-0.25, -0.2) is 0 Å². The van der Waals surface area contributed by atoms with E-state index in [1.807, 2.05) is 17.4 Å². The summed E-state index contributed by atoms with van der Waals surface area (Å²) in [6, 6.07) is 21.5. The molecule has 1 aliphatic rings. The molecule has 0 amide bonds. The largest absolute Gasteiger partial charge is 0.515 e. The number of hydrogen-bond acceptors (Lipinski definition) is 4. The number of fused-ring (bicyclic) bond motifs is 6. The lowest BCUT2D eigenvalue weighted by molar-refractivity contribution is 0.00578. The summed E-state index contributed by atoms with van der Waals surface area (Å²) in [5.74, 6) is 0. The molecule has 3 heterocycles. The minimum Gasteiger partial charge on any atom is -0.398 e. The van der Waals surface area contributed by atoms with Gasteiger partial charge in [0.1, 0.15) is 0 Å². The maximum atomic E-state index is 6.40. The van der Waals surface area contributed by atoms with Crippen molar-refractivity contribution in [1.29, 1.82) is 0 Å². The fourth-order valence-electron chi connectivity index (χ4n) is 4.33. The second-order valence-electron chi connectivity index (χ2n) is 9.09. The Morgan fingerprint density at radius 3 is 2.13 bits per heavy atom. The molecule has 5 aromatic rings. The highest BCUT2D eigenvalue weighted by molar-refractivity contribution is 7.25. The predicted molar refractivity (Wildman–Crippen MR) is 128 cm³/mol. The van der Waals surface area contributed by atoms with Crippen molar-refractivity contribution in [1.82, 2.24) is 4.98 Å². The topological polar surface area (TPSA) is 31.4 Å². The first-order valence-electron chi connectivity index (χ1n) is 10.3.